The van der Waals surface area contributed by atoms with Gasteiger partial charge >= 0.3 is 18.1 Å². The molecule has 0 aromatic heterocycles. The van der Waals surface area contributed by atoms with Crippen LogP contribution in [0.3, 0.4) is 0 Å². The highest BCUT2D eigenvalue weighted by atomic mass is 19.4. The number of halogens is 3. The zero-order valence-corrected chi connectivity index (χ0v) is 18.1. The molecule has 0 spiro atoms. The zero-order chi connectivity index (χ0) is 23.4. The van der Waals surface area contributed by atoms with Gasteiger partial charge in [-0.25, -0.2) is 4.79 Å². The molecule has 0 unspecified atom stereocenters. The first-order valence-corrected chi connectivity index (χ1v) is 11.3. The molecule has 5 saturated carbocycles. The molecule has 32 heavy (non-hydrogen) atoms. The normalized spacial score (nSPS) is 44.2. The van der Waals surface area contributed by atoms with Crippen LogP contribution in [0.25, 0.3) is 0 Å². The number of aliphatic hydroxyl groups is 1. The van der Waals surface area contributed by atoms with Gasteiger partial charge in [0.25, 0.3) is 0 Å². The summed E-state index contributed by atoms with van der Waals surface area (Å²) in [6.45, 7) is 4.01. The molecule has 1 aliphatic heterocycles. The van der Waals surface area contributed by atoms with Crippen molar-refractivity contribution in [1.29, 1.82) is 0 Å². The summed E-state index contributed by atoms with van der Waals surface area (Å²) in [6, 6.07) is -2.62. The minimum absolute atomic E-state index is 0.0351. The van der Waals surface area contributed by atoms with E-state index in [0.717, 1.165) is 6.42 Å². The van der Waals surface area contributed by atoms with Gasteiger partial charge in [-0.05, 0) is 61.7 Å². The Bertz CT molecular complexity index is 873. The maximum atomic E-state index is 13.7. The number of fused-ring (bicyclic) bond motifs is 1. The van der Waals surface area contributed by atoms with Crippen LogP contribution in [0.15, 0.2) is 0 Å². The Morgan fingerprint density at radius 3 is 2.19 bits per heavy atom. The fraction of sp³-hybridized carbons (Fsp3) is 0.864. The molecule has 1 heterocycles. The highest BCUT2D eigenvalue weighted by Gasteiger charge is 2.71. The molecule has 8 atom stereocenters. The van der Waals surface area contributed by atoms with Gasteiger partial charge in [-0.15, -0.1) is 0 Å². The maximum Gasteiger partial charge on any atom is 0.471 e. The van der Waals surface area contributed by atoms with Crippen molar-refractivity contribution in [3.05, 3.63) is 0 Å². The van der Waals surface area contributed by atoms with Crippen LogP contribution in [0.2, 0.25) is 0 Å². The largest absolute Gasteiger partial charge is 0.480 e. The van der Waals surface area contributed by atoms with Gasteiger partial charge in [-0.1, -0.05) is 13.8 Å². The van der Waals surface area contributed by atoms with Gasteiger partial charge in [0.15, 0.2) is 0 Å². The molecule has 6 fully saturated rings. The average molecular weight is 458 g/mol. The molecule has 10 heteroatoms. The van der Waals surface area contributed by atoms with Gasteiger partial charge in [-0.2, -0.15) is 13.2 Å². The second kappa shape index (κ2) is 6.39. The van der Waals surface area contributed by atoms with Crippen LogP contribution in [0, 0.1) is 34.5 Å². The standard InChI is InChI=1S/C22H29F3N2O5/c1-19(2)12-8-27(14(13(12)19)17(29)30)16(28)15(26-18(31)22(23,24)25)20-4-10-3-11(5-20)7-21(32,6-10)9-20/h10-15,32H,3-9H2,1-2H3,(H,26,31)(H,29,30)/t10-,11+,12-,13-,14-,15+,20+,21+/m0/s1. The van der Waals surface area contributed by atoms with Gasteiger partial charge in [-0.3, -0.25) is 9.59 Å². The van der Waals surface area contributed by atoms with E-state index >= 15 is 0 Å². The number of carboxylic acids is 1. The Labute approximate surface area is 183 Å². The van der Waals surface area contributed by atoms with Gasteiger partial charge in [0.2, 0.25) is 5.91 Å². The third-order valence-corrected chi connectivity index (χ3v) is 9.21. The van der Waals surface area contributed by atoms with Crippen molar-refractivity contribution >= 4 is 17.8 Å². The summed E-state index contributed by atoms with van der Waals surface area (Å²) in [5.41, 5.74) is -2.30. The van der Waals surface area contributed by atoms with E-state index < -0.39 is 47.1 Å². The van der Waals surface area contributed by atoms with Gasteiger partial charge < -0.3 is 20.4 Å². The molecule has 5 aliphatic carbocycles. The predicted molar refractivity (Wildman–Crippen MR) is 104 cm³/mol. The van der Waals surface area contributed by atoms with E-state index in [2.05, 4.69) is 0 Å². The lowest BCUT2D eigenvalue weighted by Gasteiger charge is -2.62. The van der Waals surface area contributed by atoms with E-state index in [9.17, 15) is 37.8 Å². The van der Waals surface area contributed by atoms with Gasteiger partial charge in [0, 0.05) is 17.9 Å². The Hall–Kier alpha value is -1.84. The summed E-state index contributed by atoms with van der Waals surface area (Å²) in [5, 5.41) is 22.8. The second-order valence-electron chi connectivity index (χ2n) is 11.7. The molecule has 6 rings (SSSR count). The summed E-state index contributed by atoms with van der Waals surface area (Å²) in [4.78, 5) is 38.9. The van der Waals surface area contributed by atoms with E-state index in [1.807, 2.05) is 19.2 Å². The second-order valence-corrected chi connectivity index (χ2v) is 11.7. The van der Waals surface area contributed by atoms with E-state index in [1.165, 1.54) is 4.90 Å². The van der Waals surface area contributed by atoms with Crippen LogP contribution < -0.4 is 5.32 Å². The number of hydrogen-bond donors (Lipinski definition) is 3. The number of hydrogen-bond acceptors (Lipinski definition) is 4. The van der Waals surface area contributed by atoms with Crippen molar-refractivity contribution in [2.75, 3.05) is 6.54 Å². The van der Waals surface area contributed by atoms with Crippen molar-refractivity contribution in [3.8, 4) is 0 Å². The van der Waals surface area contributed by atoms with Crippen LogP contribution in [0.4, 0.5) is 13.2 Å². The number of carbonyl (C=O) groups is 3. The molecule has 0 aromatic rings. The predicted octanol–water partition coefficient (Wildman–Crippen LogP) is 1.93. The topological polar surface area (TPSA) is 107 Å². The van der Waals surface area contributed by atoms with Gasteiger partial charge in [0.1, 0.15) is 12.1 Å². The number of piperidine rings is 1. The summed E-state index contributed by atoms with van der Waals surface area (Å²) in [5.74, 6) is -4.27. The Morgan fingerprint density at radius 2 is 1.69 bits per heavy atom. The van der Waals surface area contributed by atoms with Crippen LogP contribution in [0.1, 0.15) is 52.4 Å². The minimum atomic E-state index is -5.17. The smallest absolute Gasteiger partial charge is 0.471 e. The Kier molecular flexibility index (Phi) is 4.39. The molecule has 2 amide bonds. The quantitative estimate of drug-likeness (QED) is 0.597. The third-order valence-electron chi connectivity index (χ3n) is 9.21. The van der Waals surface area contributed by atoms with Crippen LogP contribution in [-0.4, -0.2) is 63.3 Å². The minimum Gasteiger partial charge on any atom is -0.480 e. The van der Waals surface area contributed by atoms with Crippen molar-refractivity contribution in [1.82, 2.24) is 10.2 Å². The number of carboxylic acid groups (broad SMARTS) is 1. The average Bonchev–Trinajstić information content (AvgIpc) is 2.98. The molecular formula is C22H29F3N2O5. The summed E-state index contributed by atoms with van der Waals surface area (Å²) in [6.07, 6.45) is -2.16. The molecule has 6 aliphatic rings. The molecule has 0 aromatic carbocycles. The first kappa shape index (κ1) is 22.0. The third kappa shape index (κ3) is 3.08. The van der Waals surface area contributed by atoms with Crippen LogP contribution in [0.5, 0.6) is 0 Å². The molecule has 0 radical (unpaired) electrons. The van der Waals surface area contributed by atoms with Gasteiger partial charge in [0.05, 0.1) is 5.60 Å². The van der Waals surface area contributed by atoms with Crippen molar-refractivity contribution in [2.45, 2.75) is 76.2 Å². The highest BCUT2D eigenvalue weighted by molar-refractivity contribution is 5.93. The lowest BCUT2D eigenvalue weighted by Crippen LogP contribution is -2.67. The lowest BCUT2D eigenvalue weighted by molar-refractivity contribution is -0.191. The Morgan fingerprint density at radius 1 is 1.09 bits per heavy atom. The highest BCUT2D eigenvalue weighted by Crippen LogP contribution is 2.66. The molecule has 178 valence electrons. The van der Waals surface area contributed by atoms with E-state index in [0.29, 0.717) is 25.7 Å². The number of nitrogens with zero attached hydrogens (tertiary/aromatic N) is 1. The first-order valence-electron chi connectivity index (χ1n) is 11.3. The molecular weight excluding hydrogens is 429 g/mol. The monoisotopic (exact) mass is 458 g/mol. The Balaban J connectivity index is 1.49. The molecule has 1 saturated heterocycles. The lowest BCUT2D eigenvalue weighted by atomic mass is 9.46. The molecule has 4 bridgehead atoms. The van der Waals surface area contributed by atoms with E-state index in [1.54, 1.807) is 0 Å². The molecule has 3 N–H and O–H groups in total. The van der Waals surface area contributed by atoms with Crippen molar-refractivity contribution < 1.29 is 37.8 Å². The van der Waals surface area contributed by atoms with Crippen molar-refractivity contribution in [2.24, 2.45) is 34.5 Å². The molecule has 7 nitrogen and oxygen atoms in total. The van der Waals surface area contributed by atoms with Crippen molar-refractivity contribution in [3.63, 3.8) is 0 Å². The number of amides is 2. The number of nitrogens with one attached hydrogen (secondary N) is 1. The fourth-order valence-corrected chi connectivity index (χ4v) is 8.27. The summed E-state index contributed by atoms with van der Waals surface area (Å²) >= 11 is 0. The van der Waals surface area contributed by atoms with Crippen LogP contribution in [-0.2, 0) is 14.4 Å². The fourth-order valence-electron chi connectivity index (χ4n) is 8.27. The number of alkyl halides is 3. The zero-order valence-electron chi connectivity index (χ0n) is 18.1. The number of rotatable bonds is 4. The van der Waals surface area contributed by atoms with Crippen LogP contribution >= 0.6 is 0 Å². The van der Waals surface area contributed by atoms with E-state index in [-0.39, 0.29) is 42.1 Å². The first-order chi connectivity index (χ1) is 14.7. The SMILES string of the molecule is CC1(C)[C@@H]2[C@@H](C(=O)O)N(C(=O)[C@@H](NC(=O)C(F)(F)F)[C@@]34C[C@@H]5C[C@@H](C[C@](O)(C5)C3)C4)C[C@@H]21. The van der Waals surface area contributed by atoms with E-state index in [4.69, 9.17) is 0 Å². The number of aliphatic carboxylic acids is 1. The summed E-state index contributed by atoms with van der Waals surface area (Å²) in [7, 11) is 0. The number of carbonyl (C=O) groups excluding carboxylic acids is 2. The maximum absolute atomic E-state index is 13.7. The number of likely N-dealkylation sites (tertiary alicyclic amines) is 1. The summed E-state index contributed by atoms with van der Waals surface area (Å²) < 4.78 is 39.6.